The zero-order chi connectivity index (χ0) is 25.6. The van der Waals surface area contributed by atoms with Gasteiger partial charge in [0.1, 0.15) is 12.6 Å². The molecule has 0 saturated carbocycles. The van der Waals surface area contributed by atoms with Crippen LogP contribution >= 0.6 is 27.5 Å². The van der Waals surface area contributed by atoms with Gasteiger partial charge in [-0.3, -0.25) is 13.9 Å². The number of amides is 2. The molecule has 0 aromatic heterocycles. The lowest BCUT2D eigenvalue weighted by atomic mass is 10.1. The molecule has 0 fully saturated rings. The van der Waals surface area contributed by atoms with Crippen molar-refractivity contribution in [2.75, 3.05) is 23.7 Å². The van der Waals surface area contributed by atoms with Crippen molar-refractivity contribution >= 4 is 55.1 Å². The third-order valence-corrected chi connectivity index (χ3v) is 7.13. The summed E-state index contributed by atoms with van der Waals surface area (Å²) in [4.78, 5) is 27.7. The fourth-order valence-corrected chi connectivity index (χ4v) is 4.60. The Kier molecular flexibility index (Phi) is 9.96. The van der Waals surface area contributed by atoms with Gasteiger partial charge in [-0.1, -0.05) is 59.6 Å². The van der Waals surface area contributed by atoms with Crippen molar-refractivity contribution in [1.82, 2.24) is 10.2 Å². The fraction of sp³-hybridized carbons (Fsp3) is 0.417. The Morgan fingerprint density at radius 2 is 1.71 bits per heavy atom. The van der Waals surface area contributed by atoms with E-state index >= 15 is 0 Å². The number of carbonyl (C=O) groups excluding carboxylic acids is 2. The van der Waals surface area contributed by atoms with Gasteiger partial charge in [0.05, 0.1) is 11.9 Å². The van der Waals surface area contributed by atoms with E-state index in [1.54, 1.807) is 26.0 Å². The van der Waals surface area contributed by atoms with Gasteiger partial charge < -0.3 is 10.2 Å². The van der Waals surface area contributed by atoms with Crippen LogP contribution < -0.4 is 9.62 Å². The highest BCUT2D eigenvalue weighted by molar-refractivity contribution is 9.10. The first-order chi connectivity index (χ1) is 15.8. The molecule has 34 heavy (non-hydrogen) atoms. The number of carbonyl (C=O) groups is 2. The Morgan fingerprint density at radius 3 is 2.26 bits per heavy atom. The molecule has 0 spiro atoms. The summed E-state index contributed by atoms with van der Waals surface area (Å²) in [5, 5.41) is 3.21. The molecule has 2 amide bonds. The molecule has 10 heteroatoms. The minimum absolute atomic E-state index is 0.147. The molecule has 1 atom stereocenters. The van der Waals surface area contributed by atoms with Crippen LogP contribution in [-0.2, 0) is 26.2 Å². The number of rotatable bonds is 10. The van der Waals surface area contributed by atoms with Gasteiger partial charge in [0.2, 0.25) is 21.8 Å². The molecule has 1 N–H and O–H groups in total. The fourth-order valence-electron chi connectivity index (χ4n) is 3.27. The summed E-state index contributed by atoms with van der Waals surface area (Å²) in [5.41, 5.74) is 1.79. The van der Waals surface area contributed by atoms with Crippen LogP contribution in [0.5, 0.6) is 0 Å². The molecule has 0 aliphatic heterocycles. The molecular formula is C24H31BrClN3O4S. The van der Waals surface area contributed by atoms with Crippen LogP contribution in [0.3, 0.4) is 0 Å². The first kappa shape index (κ1) is 28.1. The summed E-state index contributed by atoms with van der Waals surface area (Å²) < 4.78 is 27.2. The molecule has 0 aliphatic rings. The van der Waals surface area contributed by atoms with Crippen LogP contribution in [0.1, 0.15) is 31.9 Å². The van der Waals surface area contributed by atoms with Gasteiger partial charge in [0.25, 0.3) is 0 Å². The Hall–Kier alpha value is -2.10. The standard InChI is InChI=1S/C24H31BrClN3O4S/c1-16(2)13-27-24(31)18(4)28(14-19-7-9-20(25)10-8-19)23(30)15-29(34(5,32)33)22-12-21(26)11-6-17(22)3/h6-12,16,18H,13-15H2,1-5H3,(H,27,31). The summed E-state index contributed by atoms with van der Waals surface area (Å²) in [6, 6.07) is 11.4. The number of nitrogens with zero attached hydrogens (tertiary/aromatic N) is 2. The third-order valence-electron chi connectivity index (χ3n) is 5.24. The number of anilines is 1. The highest BCUT2D eigenvalue weighted by Gasteiger charge is 2.30. The molecule has 1 unspecified atom stereocenters. The second-order valence-corrected chi connectivity index (χ2v) is 11.9. The van der Waals surface area contributed by atoms with E-state index in [4.69, 9.17) is 11.6 Å². The SMILES string of the molecule is Cc1ccc(Cl)cc1N(CC(=O)N(Cc1ccc(Br)cc1)C(C)C(=O)NCC(C)C)S(C)(=O)=O. The molecule has 2 rings (SSSR count). The molecule has 0 saturated heterocycles. The van der Waals surface area contributed by atoms with Gasteiger partial charge in [-0.2, -0.15) is 0 Å². The van der Waals surface area contributed by atoms with E-state index in [9.17, 15) is 18.0 Å². The summed E-state index contributed by atoms with van der Waals surface area (Å²) in [6.07, 6.45) is 1.04. The minimum atomic E-state index is -3.81. The highest BCUT2D eigenvalue weighted by Crippen LogP contribution is 2.27. The number of sulfonamides is 1. The highest BCUT2D eigenvalue weighted by atomic mass is 79.9. The minimum Gasteiger partial charge on any atom is -0.354 e. The zero-order valence-corrected chi connectivity index (χ0v) is 23.2. The van der Waals surface area contributed by atoms with Crippen molar-refractivity contribution in [2.24, 2.45) is 5.92 Å². The largest absolute Gasteiger partial charge is 0.354 e. The number of halogens is 2. The van der Waals surface area contributed by atoms with Crippen LogP contribution in [0.25, 0.3) is 0 Å². The van der Waals surface area contributed by atoms with Crippen molar-refractivity contribution in [3.05, 3.63) is 63.1 Å². The van der Waals surface area contributed by atoms with E-state index in [0.29, 0.717) is 22.8 Å². The van der Waals surface area contributed by atoms with Gasteiger partial charge in [-0.05, 0) is 55.2 Å². The van der Waals surface area contributed by atoms with E-state index in [-0.39, 0.29) is 18.4 Å². The Morgan fingerprint density at radius 1 is 1.09 bits per heavy atom. The van der Waals surface area contributed by atoms with Crippen LogP contribution in [0, 0.1) is 12.8 Å². The van der Waals surface area contributed by atoms with Gasteiger partial charge in [0.15, 0.2) is 0 Å². The average molecular weight is 573 g/mol. The summed E-state index contributed by atoms with van der Waals surface area (Å²) >= 11 is 9.50. The molecule has 2 aromatic rings. The summed E-state index contributed by atoms with van der Waals surface area (Å²) in [6.45, 7) is 7.51. The van der Waals surface area contributed by atoms with E-state index in [0.717, 1.165) is 20.6 Å². The van der Waals surface area contributed by atoms with Crippen molar-refractivity contribution in [3.8, 4) is 0 Å². The second-order valence-electron chi connectivity index (χ2n) is 8.66. The van der Waals surface area contributed by atoms with Crippen molar-refractivity contribution in [3.63, 3.8) is 0 Å². The lowest BCUT2D eigenvalue weighted by Crippen LogP contribution is -2.51. The molecule has 186 valence electrons. The Balaban J connectivity index is 2.40. The average Bonchev–Trinajstić information content (AvgIpc) is 2.75. The predicted molar refractivity (Wildman–Crippen MR) is 140 cm³/mol. The van der Waals surface area contributed by atoms with E-state index in [1.165, 1.54) is 11.0 Å². The van der Waals surface area contributed by atoms with Crippen molar-refractivity contribution in [2.45, 2.75) is 40.3 Å². The first-order valence-electron chi connectivity index (χ1n) is 10.8. The number of nitrogens with one attached hydrogen (secondary N) is 1. The maximum absolute atomic E-state index is 13.5. The molecule has 7 nitrogen and oxygen atoms in total. The normalized spacial score (nSPS) is 12.4. The molecular weight excluding hydrogens is 542 g/mol. The van der Waals surface area contributed by atoms with E-state index in [2.05, 4.69) is 21.2 Å². The maximum atomic E-state index is 13.5. The van der Waals surface area contributed by atoms with Gasteiger partial charge >= 0.3 is 0 Å². The van der Waals surface area contributed by atoms with Crippen LogP contribution in [-0.4, -0.2) is 50.5 Å². The molecule has 2 aromatic carbocycles. The Labute approximate surface area is 215 Å². The number of hydrogen-bond acceptors (Lipinski definition) is 4. The monoisotopic (exact) mass is 571 g/mol. The lowest BCUT2D eigenvalue weighted by Gasteiger charge is -2.32. The number of hydrogen-bond donors (Lipinski definition) is 1. The van der Waals surface area contributed by atoms with E-state index in [1.807, 2.05) is 38.1 Å². The lowest BCUT2D eigenvalue weighted by molar-refractivity contribution is -0.139. The number of aryl methyl sites for hydroxylation is 1. The number of benzene rings is 2. The van der Waals surface area contributed by atoms with Crippen molar-refractivity contribution in [1.29, 1.82) is 0 Å². The smallest absolute Gasteiger partial charge is 0.244 e. The van der Waals surface area contributed by atoms with Gasteiger partial charge in [0, 0.05) is 22.6 Å². The van der Waals surface area contributed by atoms with Crippen LogP contribution in [0.4, 0.5) is 5.69 Å². The molecule has 0 aliphatic carbocycles. The summed E-state index contributed by atoms with van der Waals surface area (Å²) in [7, 11) is -3.81. The summed E-state index contributed by atoms with van der Waals surface area (Å²) in [5.74, 6) is -0.553. The topological polar surface area (TPSA) is 86.8 Å². The third kappa shape index (κ3) is 7.99. The molecule has 0 radical (unpaired) electrons. The molecule has 0 heterocycles. The quantitative estimate of drug-likeness (QED) is 0.458. The second kappa shape index (κ2) is 12.0. The van der Waals surface area contributed by atoms with E-state index < -0.39 is 28.5 Å². The zero-order valence-electron chi connectivity index (χ0n) is 20.0. The van der Waals surface area contributed by atoms with Crippen LogP contribution in [0.2, 0.25) is 5.02 Å². The predicted octanol–water partition coefficient (Wildman–Crippen LogP) is 4.37. The maximum Gasteiger partial charge on any atom is 0.244 e. The Bertz CT molecular complexity index is 1120. The van der Waals surface area contributed by atoms with Crippen LogP contribution in [0.15, 0.2) is 46.9 Å². The van der Waals surface area contributed by atoms with Crippen molar-refractivity contribution < 1.29 is 18.0 Å². The van der Waals surface area contributed by atoms with Gasteiger partial charge in [-0.25, -0.2) is 8.42 Å². The first-order valence-corrected chi connectivity index (χ1v) is 13.9. The van der Waals surface area contributed by atoms with Gasteiger partial charge in [-0.15, -0.1) is 0 Å². The molecule has 0 bridgehead atoms.